The molecule has 0 bridgehead atoms. The standard InChI is InChI=1S/C22H18O7S/c23-19(16-7-3-1-4-8-16)14-28-18-11-12-21(22(13-18)30(25,26)27)29-15-20(24)17-9-5-2-6-10-17/h1-13H,14-15H2,(H,25,26,27). The predicted octanol–water partition coefficient (Wildman–Crippen LogP) is 3.46. The van der Waals surface area contributed by atoms with Gasteiger partial charge in [0.1, 0.15) is 16.4 Å². The monoisotopic (exact) mass is 426 g/mol. The third-order valence-electron chi connectivity index (χ3n) is 4.11. The van der Waals surface area contributed by atoms with Gasteiger partial charge in [-0.15, -0.1) is 0 Å². The van der Waals surface area contributed by atoms with Crippen LogP contribution in [0.5, 0.6) is 11.5 Å². The van der Waals surface area contributed by atoms with Crippen molar-refractivity contribution in [3.63, 3.8) is 0 Å². The highest BCUT2D eigenvalue weighted by Crippen LogP contribution is 2.28. The van der Waals surface area contributed by atoms with Crippen LogP contribution in [0.3, 0.4) is 0 Å². The molecule has 154 valence electrons. The highest BCUT2D eigenvalue weighted by molar-refractivity contribution is 7.86. The van der Waals surface area contributed by atoms with Gasteiger partial charge in [0.2, 0.25) is 0 Å². The van der Waals surface area contributed by atoms with Crippen LogP contribution in [0.15, 0.2) is 83.8 Å². The van der Waals surface area contributed by atoms with Gasteiger partial charge in [-0.2, -0.15) is 8.42 Å². The maximum absolute atomic E-state index is 12.2. The van der Waals surface area contributed by atoms with Gasteiger partial charge in [0.05, 0.1) is 0 Å². The SMILES string of the molecule is O=C(COc1ccc(OCC(=O)c2ccccc2)c(S(=O)(=O)O)c1)c1ccccc1. The average Bonchev–Trinajstić information content (AvgIpc) is 2.76. The van der Waals surface area contributed by atoms with Crippen molar-refractivity contribution in [2.75, 3.05) is 13.2 Å². The zero-order valence-electron chi connectivity index (χ0n) is 15.7. The summed E-state index contributed by atoms with van der Waals surface area (Å²) in [7, 11) is -4.66. The fraction of sp³-hybridized carbons (Fsp3) is 0.0909. The molecule has 3 aromatic carbocycles. The lowest BCUT2D eigenvalue weighted by molar-refractivity contribution is 0.0910. The normalized spacial score (nSPS) is 11.0. The molecule has 0 aliphatic carbocycles. The Morgan fingerprint density at radius 2 is 1.23 bits per heavy atom. The van der Waals surface area contributed by atoms with Crippen molar-refractivity contribution in [2.24, 2.45) is 0 Å². The minimum Gasteiger partial charge on any atom is -0.485 e. The van der Waals surface area contributed by atoms with Gasteiger partial charge in [-0.05, 0) is 12.1 Å². The summed E-state index contributed by atoms with van der Waals surface area (Å²) in [6.07, 6.45) is 0. The quantitative estimate of drug-likeness (QED) is 0.412. The summed E-state index contributed by atoms with van der Waals surface area (Å²) >= 11 is 0. The summed E-state index contributed by atoms with van der Waals surface area (Å²) in [5.74, 6) is -0.805. The lowest BCUT2D eigenvalue weighted by Crippen LogP contribution is -2.14. The second kappa shape index (κ2) is 9.34. The number of ketones is 2. The molecule has 0 spiro atoms. The first-order valence-corrected chi connectivity index (χ1v) is 10.3. The van der Waals surface area contributed by atoms with Crippen LogP contribution in [0.25, 0.3) is 0 Å². The zero-order valence-corrected chi connectivity index (χ0v) is 16.5. The molecule has 3 rings (SSSR count). The van der Waals surface area contributed by atoms with Crippen molar-refractivity contribution in [2.45, 2.75) is 4.90 Å². The average molecular weight is 426 g/mol. The molecule has 0 aliphatic rings. The molecule has 3 aromatic rings. The highest BCUT2D eigenvalue weighted by Gasteiger charge is 2.20. The molecule has 8 heteroatoms. The Kier molecular flexibility index (Phi) is 6.61. The molecule has 0 saturated heterocycles. The van der Waals surface area contributed by atoms with Gasteiger partial charge < -0.3 is 9.47 Å². The molecule has 0 heterocycles. The third kappa shape index (κ3) is 5.53. The minimum absolute atomic E-state index is 0.0497. The van der Waals surface area contributed by atoms with E-state index in [0.717, 1.165) is 6.07 Å². The van der Waals surface area contributed by atoms with Crippen molar-refractivity contribution in [3.05, 3.63) is 90.0 Å². The topological polar surface area (TPSA) is 107 Å². The second-order valence-corrected chi connectivity index (χ2v) is 7.63. The summed E-state index contributed by atoms with van der Waals surface area (Å²) in [5, 5.41) is 0. The Labute approximate surface area is 173 Å². The summed E-state index contributed by atoms with van der Waals surface area (Å²) in [4.78, 5) is 23.7. The molecule has 0 atom stereocenters. The molecular weight excluding hydrogens is 408 g/mol. The van der Waals surface area contributed by atoms with Crippen molar-refractivity contribution in [1.82, 2.24) is 0 Å². The predicted molar refractivity (Wildman–Crippen MR) is 109 cm³/mol. The summed E-state index contributed by atoms with van der Waals surface area (Å²) < 4.78 is 43.7. The van der Waals surface area contributed by atoms with E-state index in [9.17, 15) is 22.6 Å². The van der Waals surface area contributed by atoms with E-state index in [1.807, 2.05) is 0 Å². The number of rotatable bonds is 9. The van der Waals surface area contributed by atoms with E-state index in [1.165, 1.54) is 12.1 Å². The minimum atomic E-state index is -4.66. The molecule has 0 fully saturated rings. The first-order valence-electron chi connectivity index (χ1n) is 8.88. The van der Waals surface area contributed by atoms with Gasteiger partial charge in [-0.1, -0.05) is 60.7 Å². The lowest BCUT2D eigenvalue weighted by atomic mass is 10.1. The van der Waals surface area contributed by atoms with E-state index < -0.39 is 21.6 Å². The van der Waals surface area contributed by atoms with E-state index in [2.05, 4.69) is 0 Å². The summed E-state index contributed by atoms with van der Waals surface area (Å²) in [6.45, 7) is -0.735. The summed E-state index contributed by atoms with van der Waals surface area (Å²) in [5.41, 5.74) is 0.858. The molecule has 0 aliphatic heterocycles. The van der Waals surface area contributed by atoms with Gasteiger partial charge in [-0.3, -0.25) is 14.1 Å². The van der Waals surface area contributed by atoms with Gasteiger partial charge in [-0.25, -0.2) is 0 Å². The van der Waals surface area contributed by atoms with Crippen LogP contribution < -0.4 is 9.47 Å². The Balaban J connectivity index is 1.72. The molecular formula is C22H18O7S. The molecule has 0 unspecified atom stereocenters. The van der Waals surface area contributed by atoms with Crippen molar-refractivity contribution >= 4 is 21.7 Å². The van der Waals surface area contributed by atoms with Gasteiger partial charge in [0.25, 0.3) is 10.1 Å². The molecule has 0 amide bonds. The maximum Gasteiger partial charge on any atom is 0.298 e. The van der Waals surface area contributed by atoms with Crippen LogP contribution >= 0.6 is 0 Å². The van der Waals surface area contributed by atoms with E-state index >= 15 is 0 Å². The fourth-order valence-electron chi connectivity index (χ4n) is 2.61. The van der Waals surface area contributed by atoms with Crippen LogP contribution in [0.2, 0.25) is 0 Å². The van der Waals surface area contributed by atoms with E-state index in [4.69, 9.17) is 9.47 Å². The number of hydrogen-bond donors (Lipinski definition) is 1. The Morgan fingerprint density at radius 3 is 1.73 bits per heavy atom. The number of carbonyl (C=O) groups excluding carboxylic acids is 2. The van der Waals surface area contributed by atoms with E-state index in [1.54, 1.807) is 60.7 Å². The van der Waals surface area contributed by atoms with Gasteiger partial charge in [0, 0.05) is 17.2 Å². The smallest absolute Gasteiger partial charge is 0.298 e. The van der Waals surface area contributed by atoms with Crippen LogP contribution in [0.4, 0.5) is 0 Å². The van der Waals surface area contributed by atoms with E-state index in [0.29, 0.717) is 11.1 Å². The van der Waals surface area contributed by atoms with Crippen molar-refractivity contribution < 1.29 is 32.0 Å². The Morgan fingerprint density at radius 1 is 0.733 bits per heavy atom. The number of benzene rings is 3. The van der Waals surface area contributed by atoms with Crippen molar-refractivity contribution in [3.8, 4) is 11.5 Å². The number of carbonyl (C=O) groups is 2. The van der Waals surface area contributed by atoms with Crippen molar-refractivity contribution in [1.29, 1.82) is 0 Å². The van der Waals surface area contributed by atoms with E-state index in [-0.39, 0.29) is 29.7 Å². The first-order chi connectivity index (χ1) is 14.3. The van der Waals surface area contributed by atoms with Crippen LogP contribution in [0.1, 0.15) is 20.7 Å². The molecule has 0 saturated carbocycles. The molecule has 30 heavy (non-hydrogen) atoms. The number of ether oxygens (including phenoxy) is 2. The highest BCUT2D eigenvalue weighted by atomic mass is 32.2. The first kappa shape index (κ1) is 21.2. The van der Waals surface area contributed by atoms with Gasteiger partial charge >= 0.3 is 0 Å². The largest absolute Gasteiger partial charge is 0.485 e. The summed E-state index contributed by atoms with van der Waals surface area (Å²) in [6, 6.07) is 20.5. The molecule has 7 nitrogen and oxygen atoms in total. The van der Waals surface area contributed by atoms with Crippen LogP contribution in [0, 0.1) is 0 Å². The maximum atomic E-state index is 12.2. The van der Waals surface area contributed by atoms with Crippen LogP contribution in [-0.2, 0) is 10.1 Å². The molecule has 0 radical (unpaired) electrons. The number of hydrogen-bond acceptors (Lipinski definition) is 6. The Bertz CT molecular complexity index is 1140. The Hall–Kier alpha value is -3.49. The van der Waals surface area contributed by atoms with Crippen LogP contribution in [-0.4, -0.2) is 37.8 Å². The van der Waals surface area contributed by atoms with Gasteiger partial charge in [0.15, 0.2) is 24.8 Å². The lowest BCUT2D eigenvalue weighted by Gasteiger charge is -2.12. The zero-order chi connectivity index (χ0) is 21.6. The second-order valence-electron chi connectivity index (χ2n) is 6.24. The fourth-order valence-corrected chi connectivity index (χ4v) is 3.25. The molecule has 1 N–H and O–H groups in total. The number of Topliss-reactive ketones (excluding diaryl/α,β-unsaturated/α-hetero) is 2. The molecule has 0 aromatic heterocycles. The third-order valence-corrected chi connectivity index (χ3v) is 4.99.